The molecule has 2 aliphatic rings. The van der Waals surface area contributed by atoms with E-state index in [2.05, 4.69) is 21.2 Å². The highest BCUT2D eigenvalue weighted by Gasteiger charge is 2.50. The molecule has 1 N–H and O–H groups in total. The van der Waals surface area contributed by atoms with Gasteiger partial charge in [-0.3, -0.25) is 4.90 Å². The number of benzene rings is 2. The molecule has 2 heterocycles. The van der Waals surface area contributed by atoms with Crippen LogP contribution in [0.5, 0.6) is 23.0 Å². The summed E-state index contributed by atoms with van der Waals surface area (Å²) in [5.41, 5.74) is 0.691. The average Bonchev–Trinajstić information content (AvgIpc) is 2.67. The molecule has 7 nitrogen and oxygen atoms in total. The monoisotopic (exact) mass is 448 g/mol. The van der Waals surface area contributed by atoms with E-state index >= 15 is 0 Å². The number of methoxy groups -OCH3 is 3. The van der Waals surface area contributed by atoms with Crippen molar-refractivity contribution in [3.8, 4) is 23.0 Å². The minimum absolute atomic E-state index is 0.128. The topological polar surface area (TPSA) is 69.3 Å². The lowest BCUT2D eigenvalue weighted by molar-refractivity contribution is 0.0378. The zero-order valence-corrected chi connectivity index (χ0v) is 17.6. The van der Waals surface area contributed by atoms with Crippen molar-refractivity contribution in [3.05, 3.63) is 40.4 Å². The molecule has 8 heteroatoms. The first kappa shape index (κ1) is 18.7. The maximum Gasteiger partial charge on any atom is 0.325 e. The average molecular weight is 449 g/mol. The molecule has 4 rings (SSSR count). The van der Waals surface area contributed by atoms with Crippen LogP contribution in [0.4, 0.5) is 10.5 Å². The van der Waals surface area contributed by atoms with E-state index in [-0.39, 0.29) is 12.1 Å². The largest absolute Gasteiger partial charge is 0.493 e. The quantitative estimate of drug-likeness (QED) is 0.756. The second-order valence-corrected chi connectivity index (χ2v) is 7.80. The molecule has 28 heavy (non-hydrogen) atoms. The first-order valence-corrected chi connectivity index (χ1v) is 9.58. The number of ether oxygens (including phenoxy) is 4. The van der Waals surface area contributed by atoms with Gasteiger partial charge in [0.25, 0.3) is 0 Å². The Kier molecular flexibility index (Phi) is 4.53. The number of urea groups is 1. The van der Waals surface area contributed by atoms with Crippen LogP contribution in [0.15, 0.2) is 34.8 Å². The summed E-state index contributed by atoms with van der Waals surface area (Å²) in [6.07, 6.45) is 0.596. The van der Waals surface area contributed by atoms with Crippen LogP contribution >= 0.6 is 15.9 Å². The second kappa shape index (κ2) is 6.77. The van der Waals surface area contributed by atoms with Crippen molar-refractivity contribution < 1.29 is 23.7 Å². The van der Waals surface area contributed by atoms with Crippen molar-refractivity contribution in [1.82, 2.24) is 5.32 Å². The Morgan fingerprint density at radius 3 is 2.43 bits per heavy atom. The number of nitrogens with zero attached hydrogens (tertiary/aromatic N) is 1. The summed E-state index contributed by atoms with van der Waals surface area (Å²) < 4.78 is 23.5. The van der Waals surface area contributed by atoms with E-state index in [0.717, 1.165) is 15.8 Å². The van der Waals surface area contributed by atoms with Crippen LogP contribution in [0.2, 0.25) is 0 Å². The number of halogens is 1. The molecule has 2 bridgehead atoms. The lowest BCUT2D eigenvalue weighted by atomic mass is 9.90. The van der Waals surface area contributed by atoms with E-state index in [1.807, 2.05) is 25.1 Å². The van der Waals surface area contributed by atoms with Gasteiger partial charge in [-0.05, 0) is 25.1 Å². The van der Waals surface area contributed by atoms with Gasteiger partial charge in [0.05, 0.1) is 33.1 Å². The zero-order chi connectivity index (χ0) is 20.1. The Bertz CT molecular complexity index is 925. The van der Waals surface area contributed by atoms with Gasteiger partial charge >= 0.3 is 6.03 Å². The van der Waals surface area contributed by atoms with Gasteiger partial charge in [-0.1, -0.05) is 15.9 Å². The summed E-state index contributed by atoms with van der Waals surface area (Å²) in [6.45, 7) is 1.91. The molecule has 0 aliphatic carbocycles. The number of rotatable bonds is 4. The van der Waals surface area contributed by atoms with E-state index < -0.39 is 5.72 Å². The molecule has 0 saturated carbocycles. The lowest BCUT2D eigenvalue weighted by Crippen LogP contribution is -2.65. The molecule has 0 unspecified atom stereocenters. The van der Waals surface area contributed by atoms with Gasteiger partial charge in [-0.25, -0.2) is 4.79 Å². The SMILES string of the molecule is COc1cc(N2C(=O)N[C@H]3C[C@@]2(C)Oc2ccc(Br)cc23)cc(OC)c1OC. The van der Waals surface area contributed by atoms with E-state index in [1.165, 1.54) is 0 Å². The molecule has 1 saturated heterocycles. The third kappa shape index (κ3) is 2.83. The Balaban J connectivity index is 1.81. The summed E-state index contributed by atoms with van der Waals surface area (Å²) in [6, 6.07) is 8.92. The number of amides is 2. The number of carbonyl (C=O) groups excluding carboxylic acids is 1. The van der Waals surface area contributed by atoms with E-state index in [1.54, 1.807) is 38.4 Å². The maximum atomic E-state index is 13.1. The Hall–Kier alpha value is -2.61. The van der Waals surface area contributed by atoms with Gasteiger partial charge in [0.15, 0.2) is 17.2 Å². The summed E-state index contributed by atoms with van der Waals surface area (Å²) in [5.74, 6) is 2.15. The molecule has 0 radical (unpaired) electrons. The minimum atomic E-state index is -0.863. The van der Waals surface area contributed by atoms with Crippen molar-refractivity contribution in [3.63, 3.8) is 0 Å². The summed E-state index contributed by atoms with van der Waals surface area (Å²) in [7, 11) is 4.62. The Morgan fingerprint density at radius 1 is 1.14 bits per heavy atom. The van der Waals surface area contributed by atoms with Crippen molar-refractivity contribution in [2.75, 3.05) is 26.2 Å². The van der Waals surface area contributed by atoms with Crippen LogP contribution < -0.4 is 29.2 Å². The van der Waals surface area contributed by atoms with Gasteiger partial charge in [-0.2, -0.15) is 0 Å². The van der Waals surface area contributed by atoms with Gasteiger partial charge < -0.3 is 24.3 Å². The molecule has 0 aromatic heterocycles. The first-order valence-electron chi connectivity index (χ1n) is 8.79. The number of carbonyl (C=O) groups is 1. The molecule has 148 valence electrons. The fourth-order valence-electron chi connectivity index (χ4n) is 3.93. The highest BCUT2D eigenvalue weighted by Crippen LogP contribution is 2.48. The van der Waals surface area contributed by atoms with Gasteiger partial charge in [-0.15, -0.1) is 0 Å². The molecule has 2 aromatic carbocycles. The van der Waals surface area contributed by atoms with Gasteiger partial charge in [0.1, 0.15) is 5.75 Å². The number of fused-ring (bicyclic) bond motifs is 4. The molecule has 0 spiro atoms. The Labute approximate surface area is 171 Å². The van der Waals surface area contributed by atoms with Crippen LogP contribution in [0.3, 0.4) is 0 Å². The number of hydrogen-bond donors (Lipinski definition) is 1. The normalized spacial score (nSPS) is 22.7. The second-order valence-electron chi connectivity index (χ2n) is 6.88. The standard InChI is InChI=1S/C20H21BrN2O5/c1-20-10-14(13-7-11(21)5-6-15(13)28-20)22-19(24)23(20)12-8-16(25-2)18(27-4)17(9-12)26-3/h5-9,14H,10H2,1-4H3,(H,22,24)/t14-,20+/m0/s1. The van der Waals surface area contributed by atoms with Crippen LogP contribution in [0.1, 0.15) is 24.9 Å². The van der Waals surface area contributed by atoms with Crippen LogP contribution in [-0.2, 0) is 0 Å². The molecule has 2 amide bonds. The van der Waals surface area contributed by atoms with E-state index in [9.17, 15) is 4.79 Å². The van der Waals surface area contributed by atoms with Crippen molar-refractivity contribution in [1.29, 1.82) is 0 Å². The number of nitrogens with one attached hydrogen (secondary N) is 1. The first-order chi connectivity index (χ1) is 13.4. The van der Waals surface area contributed by atoms with E-state index in [4.69, 9.17) is 18.9 Å². The van der Waals surface area contributed by atoms with Crippen LogP contribution in [-0.4, -0.2) is 33.1 Å². The van der Waals surface area contributed by atoms with Gasteiger partial charge in [0, 0.05) is 28.6 Å². The highest BCUT2D eigenvalue weighted by atomic mass is 79.9. The predicted molar refractivity (Wildman–Crippen MR) is 108 cm³/mol. The fraction of sp³-hybridized carbons (Fsp3) is 0.350. The Morgan fingerprint density at radius 2 is 1.82 bits per heavy atom. The van der Waals surface area contributed by atoms with E-state index in [0.29, 0.717) is 29.4 Å². The van der Waals surface area contributed by atoms with Gasteiger partial charge in [0.2, 0.25) is 5.75 Å². The summed E-state index contributed by atoms with van der Waals surface area (Å²) >= 11 is 3.48. The predicted octanol–water partition coefficient (Wildman–Crippen LogP) is 4.24. The molecular formula is C20H21BrN2O5. The molecule has 2 atom stereocenters. The molecular weight excluding hydrogens is 428 g/mol. The zero-order valence-electron chi connectivity index (χ0n) is 16.0. The highest BCUT2D eigenvalue weighted by molar-refractivity contribution is 9.10. The summed E-state index contributed by atoms with van der Waals surface area (Å²) in [4.78, 5) is 14.7. The minimum Gasteiger partial charge on any atom is -0.493 e. The third-order valence-electron chi connectivity index (χ3n) is 5.14. The molecule has 2 aromatic rings. The third-order valence-corrected chi connectivity index (χ3v) is 5.63. The fourth-order valence-corrected chi connectivity index (χ4v) is 4.31. The number of hydrogen-bond acceptors (Lipinski definition) is 5. The smallest absolute Gasteiger partial charge is 0.325 e. The van der Waals surface area contributed by atoms with Crippen LogP contribution in [0.25, 0.3) is 0 Å². The lowest BCUT2D eigenvalue weighted by Gasteiger charge is -2.50. The van der Waals surface area contributed by atoms with Crippen LogP contribution in [0, 0.1) is 0 Å². The van der Waals surface area contributed by atoms with Crippen molar-refractivity contribution in [2.24, 2.45) is 0 Å². The number of anilines is 1. The van der Waals surface area contributed by atoms with Crippen molar-refractivity contribution in [2.45, 2.75) is 25.1 Å². The van der Waals surface area contributed by atoms with Crippen molar-refractivity contribution >= 4 is 27.6 Å². The maximum absolute atomic E-state index is 13.1. The summed E-state index contributed by atoms with van der Waals surface area (Å²) in [5, 5.41) is 3.08. The molecule has 1 fully saturated rings. The molecule has 2 aliphatic heterocycles.